The predicted octanol–water partition coefficient (Wildman–Crippen LogP) is 2.37. The van der Waals surface area contributed by atoms with Crippen molar-refractivity contribution in [1.29, 1.82) is 0 Å². The minimum Gasteiger partial charge on any atom is -0.208 e. The largest absolute Gasteiger partial charge is 0.240 e. The van der Waals surface area contributed by atoms with E-state index in [1.54, 1.807) is 0 Å². The fourth-order valence-corrected chi connectivity index (χ4v) is 7.41. The number of benzene rings is 1. The molecule has 6 nitrogen and oxygen atoms in total. The van der Waals surface area contributed by atoms with Gasteiger partial charge in [0.1, 0.15) is 0 Å². The minimum atomic E-state index is -3.62. The third kappa shape index (κ3) is 3.69. The lowest BCUT2D eigenvalue weighted by atomic mass is 9.96. The molecule has 3 atom stereocenters. The van der Waals surface area contributed by atoms with Crippen LogP contribution in [0.25, 0.3) is 0 Å². The fourth-order valence-electron chi connectivity index (χ4n) is 4.79. The third-order valence-electron chi connectivity index (χ3n) is 6.17. The Morgan fingerprint density at radius 1 is 0.731 bits per heavy atom. The molecule has 144 valence electrons. The van der Waals surface area contributed by atoms with Crippen LogP contribution in [-0.2, 0) is 20.0 Å². The third-order valence-corrected chi connectivity index (χ3v) is 9.21. The van der Waals surface area contributed by atoms with E-state index in [2.05, 4.69) is 9.44 Å². The summed E-state index contributed by atoms with van der Waals surface area (Å²) < 4.78 is 55.7. The van der Waals surface area contributed by atoms with Gasteiger partial charge in [-0.15, -0.1) is 0 Å². The molecule has 0 saturated heterocycles. The molecule has 0 aliphatic heterocycles. The van der Waals surface area contributed by atoms with Crippen molar-refractivity contribution in [2.75, 3.05) is 0 Å². The molecule has 3 aliphatic rings. The number of hydrogen-bond donors (Lipinski definition) is 2. The second-order valence-corrected chi connectivity index (χ2v) is 11.4. The van der Waals surface area contributed by atoms with Crippen LogP contribution in [0.1, 0.15) is 51.4 Å². The van der Waals surface area contributed by atoms with Gasteiger partial charge in [-0.2, -0.15) is 0 Å². The van der Waals surface area contributed by atoms with E-state index in [9.17, 15) is 16.8 Å². The Labute approximate surface area is 155 Å². The molecule has 1 aromatic carbocycles. The van der Waals surface area contributed by atoms with E-state index in [0.29, 0.717) is 11.8 Å². The Morgan fingerprint density at radius 3 is 1.81 bits per heavy atom. The molecule has 3 saturated carbocycles. The van der Waals surface area contributed by atoms with Crippen LogP contribution in [0.15, 0.2) is 34.1 Å². The Kier molecular flexibility index (Phi) is 4.88. The van der Waals surface area contributed by atoms with Gasteiger partial charge >= 0.3 is 0 Å². The van der Waals surface area contributed by atoms with Gasteiger partial charge in [-0.05, 0) is 68.2 Å². The van der Waals surface area contributed by atoms with Crippen molar-refractivity contribution in [1.82, 2.24) is 9.44 Å². The molecule has 0 aromatic heterocycles. The summed E-state index contributed by atoms with van der Waals surface area (Å²) in [5.41, 5.74) is 0. The van der Waals surface area contributed by atoms with E-state index in [0.717, 1.165) is 44.9 Å². The van der Waals surface area contributed by atoms with Gasteiger partial charge in [-0.25, -0.2) is 26.3 Å². The summed E-state index contributed by atoms with van der Waals surface area (Å²) >= 11 is 0. The Bertz CT molecular complexity index is 859. The van der Waals surface area contributed by atoms with Gasteiger partial charge < -0.3 is 0 Å². The molecule has 0 radical (unpaired) electrons. The normalized spacial score (nSPS) is 29.5. The van der Waals surface area contributed by atoms with Crippen molar-refractivity contribution in [3.63, 3.8) is 0 Å². The van der Waals surface area contributed by atoms with Gasteiger partial charge in [0.15, 0.2) is 0 Å². The van der Waals surface area contributed by atoms with Crippen LogP contribution in [-0.4, -0.2) is 28.9 Å². The zero-order valence-corrected chi connectivity index (χ0v) is 16.4. The molecule has 3 fully saturated rings. The Hall–Kier alpha value is -0.960. The van der Waals surface area contributed by atoms with Crippen molar-refractivity contribution in [2.24, 2.45) is 11.8 Å². The van der Waals surface area contributed by atoms with Gasteiger partial charge in [0, 0.05) is 12.1 Å². The fraction of sp³-hybridized carbons (Fsp3) is 0.667. The van der Waals surface area contributed by atoms with Gasteiger partial charge in [0.2, 0.25) is 20.0 Å². The van der Waals surface area contributed by atoms with Crippen molar-refractivity contribution in [3.05, 3.63) is 24.3 Å². The zero-order chi connectivity index (χ0) is 18.4. The average molecular weight is 399 g/mol. The average Bonchev–Trinajstić information content (AvgIpc) is 3.32. The van der Waals surface area contributed by atoms with Crippen molar-refractivity contribution < 1.29 is 16.8 Å². The second-order valence-electron chi connectivity index (χ2n) is 7.98. The highest BCUT2D eigenvalue weighted by Crippen LogP contribution is 2.44. The Balaban J connectivity index is 1.46. The van der Waals surface area contributed by atoms with E-state index < -0.39 is 20.0 Å². The van der Waals surface area contributed by atoms with Crippen LogP contribution < -0.4 is 9.44 Å². The quantitative estimate of drug-likeness (QED) is 0.769. The summed E-state index contributed by atoms with van der Waals surface area (Å²) in [6.07, 6.45) is 8.15. The predicted molar refractivity (Wildman–Crippen MR) is 98.6 cm³/mol. The van der Waals surface area contributed by atoms with Crippen LogP contribution >= 0.6 is 0 Å². The van der Waals surface area contributed by atoms with Gasteiger partial charge in [-0.3, -0.25) is 0 Å². The summed E-state index contributed by atoms with van der Waals surface area (Å²) in [4.78, 5) is 0.239. The van der Waals surface area contributed by atoms with Gasteiger partial charge in [-0.1, -0.05) is 19.3 Å². The molecule has 0 heterocycles. The molecule has 0 amide bonds. The molecule has 0 unspecified atom stereocenters. The molecule has 1 aromatic rings. The van der Waals surface area contributed by atoms with Crippen molar-refractivity contribution in [2.45, 2.75) is 73.2 Å². The standard InChI is InChI=1S/C18H26N2O4S2/c21-25(22,19-15-3-1-2-4-15)16-7-9-17(10-8-16)26(23,24)20-18-12-13-5-6-14(18)11-13/h7-10,13-15,18-20H,1-6,11-12H2/t13-,14+,18+/m0/s1. The van der Waals surface area contributed by atoms with Crippen molar-refractivity contribution in [3.8, 4) is 0 Å². The van der Waals surface area contributed by atoms with Gasteiger partial charge in [0.05, 0.1) is 9.79 Å². The minimum absolute atomic E-state index is 0.0112. The van der Waals surface area contributed by atoms with Crippen LogP contribution in [0.4, 0.5) is 0 Å². The maximum Gasteiger partial charge on any atom is 0.240 e. The maximum absolute atomic E-state index is 12.6. The van der Waals surface area contributed by atoms with Crippen molar-refractivity contribution >= 4 is 20.0 Å². The summed E-state index contributed by atoms with van der Waals surface area (Å²) in [5, 5.41) is 0. The lowest BCUT2D eigenvalue weighted by molar-refractivity contribution is 0.390. The zero-order valence-electron chi connectivity index (χ0n) is 14.7. The highest BCUT2D eigenvalue weighted by Gasteiger charge is 2.41. The molecule has 4 rings (SSSR count). The van der Waals surface area contributed by atoms with Crippen LogP contribution in [0.5, 0.6) is 0 Å². The summed E-state index contributed by atoms with van der Waals surface area (Å²) in [5.74, 6) is 1.10. The molecule has 3 aliphatic carbocycles. The van der Waals surface area contributed by atoms with Crippen LogP contribution in [0, 0.1) is 11.8 Å². The van der Waals surface area contributed by atoms with E-state index >= 15 is 0 Å². The highest BCUT2D eigenvalue weighted by molar-refractivity contribution is 7.90. The maximum atomic E-state index is 12.6. The number of nitrogens with one attached hydrogen (secondary N) is 2. The molecular formula is C18H26N2O4S2. The first-order valence-electron chi connectivity index (χ1n) is 9.48. The molecule has 26 heavy (non-hydrogen) atoms. The first-order chi connectivity index (χ1) is 12.3. The topological polar surface area (TPSA) is 92.3 Å². The van der Waals surface area contributed by atoms with E-state index in [1.807, 2.05) is 0 Å². The van der Waals surface area contributed by atoms with Crippen LogP contribution in [0.2, 0.25) is 0 Å². The smallest absolute Gasteiger partial charge is 0.208 e. The molecule has 2 N–H and O–H groups in total. The summed E-state index contributed by atoms with van der Waals surface area (Å²) in [7, 11) is -7.22. The first-order valence-corrected chi connectivity index (χ1v) is 12.4. The molecule has 0 spiro atoms. The molecular weight excluding hydrogens is 372 g/mol. The van der Waals surface area contributed by atoms with E-state index in [-0.39, 0.29) is 21.9 Å². The van der Waals surface area contributed by atoms with Crippen LogP contribution in [0.3, 0.4) is 0 Å². The summed E-state index contributed by atoms with van der Waals surface area (Å²) in [6, 6.07) is 5.55. The molecule has 2 bridgehead atoms. The Morgan fingerprint density at radius 2 is 1.31 bits per heavy atom. The highest BCUT2D eigenvalue weighted by atomic mass is 32.2. The second kappa shape index (κ2) is 6.89. The van der Waals surface area contributed by atoms with E-state index in [4.69, 9.17) is 0 Å². The number of fused-ring (bicyclic) bond motifs is 2. The number of hydrogen-bond acceptors (Lipinski definition) is 4. The lowest BCUT2D eigenvalue weighted by Crippen LogP contribution is -2.38. The molecule has 8 heteroatoms. The number of sulfonamides is 2. The summed E-state index contributed by atoms with van der Waals surface area (Å²) in [6.45, 7) is 0. The van der Waals surface area contributed by atoms with Gasteiger partial charge in [0.25, 0.3) is 0 Å². The van der Waals surface area contributed by atoms with E-state index in [1.165, 1.54) is 30.7 Å². The number of rotatable bonds is 6. The monoisotopic (exact) mass is 398 g/mol. The first kappa shape index (κ1) is 18.4. The SMILES string of the molecule is O=S(=O)(NC1CCCC1)c1ccc(S(=O)(=O)N[C@@H]2C[C@H]3CC[C@@H]2C3)cc1. The lowest BCUT2D eigenvalue weighted by Gasteiger charge is -2.22.